The van der Waals surface area contributed by atoms with E-state index in [1.165, 1.54) is 6.42 Å². The van der Waals surface area contributed by atoms with Crippen LogP contribution in [0.15, 0.2) is 0 Å². The minimum absolute atomic E-state index is 0.138. The lowest BCUT2D eigenvalue weighted by Crippen LogP contribution is -2.47. The van der Waals surface area contributed by atoms with Gasteiger partial charge in [0.2, 0.25) is 5.91 Å². The Balaban J connectivity index is 2.20. The first-order chi connectivity index (χ1) is 8.65. The molecule has 1 heterocycles. The Morgan fingerprint density at radius 3 is 2.56 bits per heavy atom. The highest BCUT2D eigenvalue weighted by atomic mass is 16.5. The van der Waals surface area contributed by atoms with Gasteiger partial charge in [0.15, 0.2) is 0 Å². The maximum absolute atomic E-state index is 12.0. The molecular weight excluding hydrogens is 232 g/mol. The molecule has 0 aliphatic carbocycles. The number of piperidine rings is 1. The summed E-state index contributed by atoms with van der Waals surface area (Å²) in [4.78, 5) is 25.1. The fraction of sp³-hybridized carbons (Fsp3) is 0.846. The average Bonchev–Trinajstić information content (AvgIpc) is 2.39. The van der Waals surface area contributed by atoms with Crippen molar-refractivity contribution >= 4 is 11.9 Å². The van der Waals surface area contributed by atoms with Crippen LogP contribution in [0.25, 0.3) is 0 Å². The first-order valence-electron chi connectivity index (χ1n) is 6.83. The number of esters is 1. The topological polar surface area (TPSA) is 58.6 Å². The Morgan fingerprint density at radius 1 is 1.28 bits per heavy atom. The third kappa shape index (κ3) is 5.04. The molecule has 5 nitrogen and oxygen atoms in total. The van der Waals surface area contributed by atoms with Crippen LogP contribution in [0, 0.1) is 0 Å². The third-order valence-corrected chi connectivity index (χ3v) is 3.12. The molecule has 104 valence electrons. The van der Waals surface area contributed by atoms with E-state index in [2.05, 4.69) is 5.32 Å². The Kier molecular flexibility index (Phi) is 6.72. The number of amides is 1. The number of ether oxygens (including phenoxy) is 1. The lowest BCUT2D eigenvalue weighted by molar-refractivity contribution is -0.143. The molecule has 0 aromatic rings. The summed E-state index contributed by atoms with van der Waals surface area (Å²) in [5.74, 6) is -0.0822. The van der Waals surface area contributed by atoms with Crippen LogP contribution < -0.4 is 5.32 Å². The lowest BCUT2D eigenvalue weighted by Gasteiger charge is -2.29. The fourth-order valence-electron chi connectivity index (χ4n) is 2.10. The summed E-state index contributed by atoms with van der Waals surface area (Å²) < 4.78 is 4.83. The number of nitrogens with zero attached hydrogens (tertiary/aromatic N) is 1. The minimum Gasteiger partial charge on any atom is -0.466 e. The van der Waals surface area contributed by atoms with Gasteiger partial charge in [0.25, 0.3) is 0 Å². The monoisotopic (exact) mass is 256 g/mol. The number of hydrogen-bond acceptors (Lipinski definition) is 4. The molecule has 1 rings (SSSR count). The van der Waals surface area contributed by atoms with Gasteiger partial charge in [0.1, 0.15) is 0 Å². The molecule has 5 heteroatoms. The molecule has 1 fully saturated rings. The molecular formula is C13H24N2O3. The normalized spacial score (nSPS) is 17.3. The van der Waals surface area contributed by atoms with Crippen molar-refractivity contribution in [1.82, 2.24) is 10.2 Å². The summed E-state index contributed by atoms with van der Waals surface area (Å²) in [6.45, 7) is 6.25. The van der Waals surface area contributed by atoms with Gasteiger partial charge in [0, 0.05) is 19.6 Å². The Morgan fingerprint density at radius 2 is 1.94 bits per heavy atom. The van der Waals surface area contributed by atoms with E-state index in [4.69, 9.17) is 4.74 Å². The van der Waals surface area contributed by atoms with Gasteiger partial charge in [0.05, 0.1) is 19.1 Å². The van der Waals surface area contributed by atoms with Gasteiger partial charge in [-0.05, 0) is 33.1 Å². The molecule has 0 aromatic carbocycles. The van der Waals surface area contributed by atoms with E-state index in [-0.39, 0.29) is 17.9 Å². The van der Waals surface area contributed by atoms with E-state index in [1.54, 1.807) is 6.92 Å². The van der Waals surface area contributed by atoms with Crippen LogP contribution in [0.1, 0.15) is 39.5 Å². The molecule has 1 unspecified atom stereocenters. The van der Waals surface area contributed by atoms with Crippen molar-refractivity contribution in [3.05, 3.63) is 0 Å². The van der Waals surface area contributed by atoms with Crippen molar-refractivity contribution < 1.29 is 14.3 Å². The molecule has 0 aromatic heterocycles. The Labute approximate surface area is 109 Å². The van der Waals surface area contributed by atoms with Crippen molar-refractivity contribution in [3.63, 3.8) is 0 Å². The van der Waals surface area contributed by atoms with E-state index in [9.17, 15) is 9.59 Å². The number of carbonyl (C=O) groups excluding carboxylic acids is 2. The van der Waals surface area contributed by atoms with Crippen LogP contribution in [0.3, 0.4) is 0 Å². The molecule has 1 aliphatic heterocycles. The second kappa shape index (κ2) is 8.08. The first-order valence-corrected chi connectivity index (χ1v) is 6.83. The van der Waals surface area contributed by atoms with Crippen molar-refractivity contribution in [2.45, 2.75) is 45.6 Å². The van der Waals surface area contributed by atoms with Crippen LogP contribution in [0.5, 0.6) is 0 Å². The summed E-state index contributed by atoms with van der Waals surface area (Å²) in [5, 5.41) is 3.08. The van der Waals surface area contributed by atoms with Gasteiger partial charge in [-0.25, -0.2) is 0 Å². The van der Waals surface area contributed by atoms with E-state index in [0.717, 1.165) is 25.9 Å². The van der Waals surface area contributed by atoms with Gasteiger partial charge in [-0.15, -0.1) is 0 Å². The molecule has 18 heavy (non-hydrogen) atoms. The van der Waals surface area contributed by atoms with Crippen LogP contribution in [-0.2, 0) is 14.3 Å². The number of carbonyl (C=O) groups is 2. The zero-order valence-electron chi connectivity index (χ0n) is 11.4. The van der Waals surface area contributed by atoms with Crippen molar-refractivity contribution in [3.8, 4) is 0 Å². The highest BCUT2D eigenvalue weighted by Crippen LogP contribution is 2.09. The van der Waals surface area contributed by atoms with Gasteiger partial charge in [-0.1, -0.05) is 0 Å². The van der Waals surface area contributed by atoms with Crippen molar-refractivity contribution in [2.24, 2.45) is 0 Å². The van der Waals surface area contributed by atoms with E-state index >= 15 is 0 Å². The highest BCUT2D eigenvalue weighted by molar-refractivity contribution is 5.81. The molecule has 1 aliphatic rings. The van der Waals surface area contributed by atoms with Crippen LogP contribution in [0.4, 0.5) is 0 Å². The zero-order chi connectivity index (χ0) is 13.4. The average molecular weight is 256 g/mol. The summed E-state index contributed by atoms with van der Waals surface area (Å²) in [5.41, 5.74) is 0. The number of rotatable bonds is 6. The SMILES string of the molecule is CCOC(=O)CCNC(C)C(=O)N1CCCCC1. The third-order valence-electron chi connectivity index (χ3n) is 3.12. The van der Waals surface area contributed by atoms with Gasteiger partial charge in [-0.2, -0.15) is 0 Å². The van der Waals surface area contributed by atoms with Gasteiger partial charge in [-0.3, -0.25) is 9.59 Å². The second-order valence-electron chi connectivity index (χ2n) is 4.62. The van der Waals surface area contributed by atoms with Crippen LogP contribution in [-0.4, -0.2) is 49.1 Å². The minimum atomic E-state index is -0.225. The van der Waals surface area contributed by atoms with Gasteiger partial charge >= 0.3 is 5.97 Å². The quantitative estimate of drug-likeness (QED) is 0.718. The van der Waals surface area contributed by atoms with Crippen LogP contribution in [0.2, 0.25) is 0 Å². The molecule has 0 radical (unpaired) electrons. The summed E-state index contributed by atoms with van der Waals surface area (Å²) >= 11 is 0. The highest BCUT2D eigenvalue weighted by Gasteiger charge is 2.21. The molecule has 1 atom stereocenters. The molecule has 0 bridgehead atoms. The predicted octanol–water partition coefficient (Wildman–Crippen LogP) is 0.930. The lowest BCUT2D eigenvalue weighted by atomic mass is 10.1. The van der Waals surface area contributed by atoms with E-state index in [0.29, 0.717) is 19.6 Å². The number of likely N-dealkylation sites (tertiary alicyclic amines) is 1. The number of nitrogens with one attached hydrogen (secondary N) is 1. The summed E-state index contributed by atoms with van der Waals surface area (Å²) in [6.07, 6.45) is 3.72. The van der Waals surface area contributed by atoms with E-state index < -0.39 is 0 Å². The first kappa shape index (κ1) is 15.0. The molecule has 1 amide bonds. The molecule has 1 N–H and O–H groups in total. The molecule has 0 saturated carbocycles. The second-order valence-corrected chi connectivity index (χ2v) is 4.62. The molecule has 0 spiro atoms. The zero-order valence-corrected chi connectivity index (χ0v) is 11.4. The number of hydrogen-bond donors (Lipinski definition) is 1. The van der Waals surface area contributed by atoms with Crippen LogP contribution >= 0.6 is 0 Å². The van der Waals surface area contributed by atoms with E-state index in [1.807, 2.05) is 11.8 Å². The standard InChI is InChI=1S/C13H24N2O3/c1-3-18-12(16)7-8-14-11(2)13(17)15-9-5-4-6-10-15/h11,14H,3-10H2,1-2H3. The van der Waals surface area contributed by atoms with Crippen molar-refractivity contribution in [2.75, 3.05) is 26.2 Å². The fourth-order valence-corrected chi connectivity index (χ4v) is 2.10. The maximum Gasteiger partial charge on any atom is 0.307 e. The largest absolute Gasteiger partial charge is 0.466 e. The summed E-state index contributed by atoms with van der Waals surface area (Å²) in [6, 6.07) is -0.225. The maximum atomic E-state index is 12.0. The summed E-state index contributed by atoms with van der Waals surface area (Å²) in [7, 11) is 0. The van der Waals surface area contributed by atoms with Gasteiger partial charge < -0.3 is 15.0 Å². The molecule has 1 saturated heterocycles. The Hall–Kier alpha value is -1.10. The smallest absolute Gasteiger partial charge is 0.307 e. The van der Waals surface area contributed by atoms with Crippen molar-refractivity contribution in [1.29, 1.82) is 0 Å². The predicted molar refractivity (Wildman–Crippen MR) is 69.1 cm³/mol. The Bertz CT molecular complexity index is 275.